The van der Waals surface area contributed by atoms with Crippen molar-refractivity contribution in [3.05, 3.63) is 68.6 Å². The predicted octanol–water partition coefficient (Wildman–Crippen LogP) is 6.97. The Balaban J connectivity index is 1.60. The predicted molar refractivity (Wildman–Crippen MR) is 129 cm³/mol. The molecule has 0 spiro atoms. The molecule has 160 valence electrons. The number of amides is 1. The second-order valence-electron chi connectivity index (χ2n) is 6.71. The van der Waals surface area contributed by atoms with Crippen molar-refractivity contribution in [3.8, 4) is 16.3 Å². The fraction of sp³-hybridized carbons (Fsp3) is 0.182. The van der Waals surface area contributed by atoms with E-state index in [1.165, 1.54) is 0 Å². The number of rotatable bonds is 8. The highest BCUT2D eigenvalue weighted by atomic mass is 79.9. The maximum absolute atomic E-state index is 13.0. The number of halogens is 3. The largest absolute Gasteiger partial charge is 0.494 e. The third-order valence-electron chi connectivity index (χ3n) is 4.54. The molecule has 4 rings (SSSR count). The molecule has 0 unspecified atom stereocenters. The number of hydrogen-bond donors (Lipinski definition) is 1. The van der Waals surface area contributed by atoms with Crippen molar-refractivity contribution in [3.63, 3.8) is 0 Å². The van der Waals surface area contributed by atoms with Crippen LogP contribution in [0.2, 0.25) is 0 Å². The topological polar surface area (TPSA) is 55.6 Å². The van der Waals surface area contributed by atoms with Gasteiger partial charge in [-0.3, -0.25) is 13.6 Å². The van der Waals surface area contributed by atoms with Crippen LogP contribution in [-0.4, -0.2) is 28.6 Å². The molecule has 0 aliphatic carbocycles. The molecule has 31 heavy (non-hydrogen) atoms. The van der Waals surface area contributed by atoms with Crippen LogP contribution in [0.25, 0.3) is 16.2 Å². The van der Waals surface area contributed by atoms with Crippen molar-refractivity contribution in [1.29, 1.82) is 0 Å². The number of ether oxygens (including phenoxy) is 1. The van der Waals surface area contributed by atoms with Crippen LogP contribution in [-0.2, 0) is 0 Å². The number of alkyl halides is 1. The van der Waals surface area contributed by atoms with Gasteiger partial charge < -0.3 is 10.1 Å². The van der Waals surface area contributed by atoms with Crippen LogP contribution < -0.4 is 10.1 Å². The number of anilines is 1. The highest BCUT2D eigenvalue weighted by molar-refractivity contribution is 9.11. The molecule has 0 aliphatic rings. The molecular formula is C22H18Br2FN3O2S. The van der Waals surface area contributed by atoms with E-state index in [9.17, 15) is 9.18 Å². The summed E-state index contributed by atoms with van der Waals surface area (Å²) in [7, 11) is 0. The standard InChI is InChI=1S/C22H18Br2FN3O2S/c23-15-12-17(24)20-26-19(18-4-3-11-31-18)21(28(20)13-15)27-22(29)14-5-7-16(8-6-14)30-10-2-1-9-25/h3-8,11-13H,1-2,9-10H2,(H,27,29). The van der Waals surface area contributed by atoms with E-state index in [0.29, 0.717) is 47.9 Å². The number of pyridine rings is 1. The first kappa shape index (κ1) is 22.0. The van der Waals surface area contributed by atoms with E-state index < -0.39 is 0 Å². The normalized spacial score (nSPS) is 11.1. The van der Waals surface area contributed by atoms with E-state index in [-0.39, 0.29) is 12.6 Å². The monoisotopic (exact) mass is 565 g/mol. The van der Waals surface area contributed by atoms with Gasteiger partial charge in [0, 0.05) is 16.2 Å². The van der Waals surface area contributed by atoms with Crippen LogP contribution in [0, 0.1) is 0 Å². The zero-order valence-corrected chi connectivity index (χ0v) is 20.3. The third-order valence-corrected chi connectivity index (χ3v) is 6.44. The van der Waals surface area contributed by atoms with Crippen molar-refractivity contribution in [2.45, 2.75) is 12.8 Å². The lowest BCUT2D eigenvalue weighted by molar-refractivity contribution is 0.102. The van der Waals surface area contributed by atoms with Gasteiger partial charge in [-0.15, -0.1) is 11.3 Å². The number of benzene rings is 1. The molecule has 4 aromatic rings. The van der Waals surface area contributed by atoms with E-state index in [1.807, 2.05) is 34.2 Å². The van der Waals surface area contributed by atoms with Gasteiger partial charge in [0.05, 0.1) is 22.6 Å². The molecule has 0 aliphatic heterocycles. The van der Waals surface area contributed by atoms with E-state index in [1.54, 1.807) is 35.6 Å². The highest BCUT2D eigenvalue weighted by Gasteiger charge is 2.20. The molecule has 1 N–H and O–H groups in total. The molecule has 1 aromatic carbocycles. The summed E-state index contributed by atoms with van der Waals surface area (Å²) in [6, 6.07) is 12.7. The lowest BCUT2D eigenvalue weighted by Crippen LogP contribution is -2.14. The number of carbonyl (C=O) groups excluding carboxylic acids is 1. The fourth-order valence-electron chi connectivity index (χ4n) is 3.05. The molecule has 3 aromatic heterocycles. The van der Waals surface area contributed by atoms with Gasteiger partial charge in [0.15, 0.2) is 5.65 Å². The zero-order valence-electron chi connectivity index (χ0n) is 16.3. The maximum Gasteiger partial charge on any atom is 0.256 e. The number of fused-ring (bicyclic) bond motifs is 1. The maximum atomic E-state index is 13.0. The van der Waals surface area contributed by atoms with Gasteiger partial charge in [0.25, 0.3) is 5.91 Å². The lowest BCUT2D eigenvalue weighted by atomic mass is 10.2. The van der Waals surface area contributed by atoms with Gasteiger partial charge in [-0.1, -0.05) is 6.07 Å². The SMILES string of the molecule is O=C(Nc1c(-c2cccs2)nc2c(Br)cc(Br)cn12)c1ccc(OCCCCF)cc1. The van der Waals surface area contributed by atoms with Gasteiger partial charge >= 0.3 is 0 Å². The molecule has 3 heterocycles. The first-order valence-electron chi connectivity index (χ1n) is 9.58. The molecule has 0 atom stereocenters. The Morgan fingerprint density at radius 1 is 1.19 bits per heavy atom. The van der Waals surface area contributed by atoms with Crippen LogP contribution >= 0.6 is 43.2 Å². The number of nitrogens with one attached hydrogen (secondary N) is 1. The van der Waals surface area contributed by atoms with Crippen LogP contribution in [0.3, 0.4) is 0 Å². The minimum Gasteiger partial charge on any atom is -0.494 e. The Morgan fingerprint density at radius 2 is 2.00 bits per heavy atom. The van der Waals surface area contributed by atoms with E-state index in [0.717, 1.165) is 13.8 Å². The number of carbonyl (C=O) groups is 1. The molecule has 0 bridgehead atoms. The van der Waals surface area contributed by atoms with Gasteiger partial charge in [0.2, 0.25) is 0 Å². The van der Waals surface area contributed by atoms with Gasteiger partial charge in [-0.2, -0.15) is 0 Å². The molecule has 1 amide bonds. The van der Waals surface area contributed by atoms with Crippen molar-refractivity contribution >= 4 is 60.6 Å². The first-order chi connectivity index (χ1) is 15.1. The van der Waals surface area contributed by atoms with Crippen LogP contribution in [0.15, 0.2) is 63.0 Å². The summed E-state index contributed by atoms with van der Waals surface area (Å²) in [5, 5.41) is 4.99. The molecule has 0 radical (unpaired) electrons. The number of nitrogens with zero attached hydrogens (tertiary/aromatic N) is 2. The Kier molecular flexibility index (Phi) is 7.04. The van der Waals surface area contributed by atoms with Crippen molar-refractivity contribution in [2.24, 2.45) is 0 Å². The Morgan fingerprint density at radius 3 is 2.71 bits per heavy atom. The summed E-state index contributed by atoms with van der Waals surface area (Å²) in [5.74, 6) is 0.994. The highest BCUT2D eigenvalue weighted by Crippen LogP contribution is 2.35. The quantitative estimate of drug-likeness (QED) is 0.234. The summed E-state index contributed by atoms with van der Waals surface area (Å²) in [4.78, 5) is 18.7. The minimum atomic E-state index is -0.341. The number of thiophene rings is 1. The van der Waals surface area contributed by atoms with Gasteiger partial charge in [-0.05, 0) is 86.5 Å². The summed E-state index contributed by atoms with van der Waals surface area (Å²) in [6.45, 7) is 0.109. The first-order valence-corrected chi connectivity index (χ1v) is 12.0. The number of aromatic nitrogens is 2. The van der Waals surface area contributed by atoms with Crippen LogP contribution in [0.4, 0.5) is 10.2 Å². The van der Waals surface area contributed by atoms with E-state index in [2.05, 4.69) is 37.2 Å². The average Bonchev–Trinajstić information content (AvgIpc) is 3.40. The van der Waals surface area contributed by atoms with Gasteiger partial charge in [0.1, 0.15) is 17.3 Å². The molecule has 5 nitrogen and oxygen atoms in total. The summed E-state index contributed by atoms with van der Waals surface area (Å²) < 4.78 is 21.3. The Labute approximate surface area is 199 Å². The van der Waals surface area contributed by atoms with Gasteiger partial charge in [-0.25, -0.2) is 4.98 Å². The van der Waals surface area contributed by atoms with Crippen molar-refractivity contribution in [2.75, 3.05) is 18.6 Å². The summed E-state index contributed by atoms with van der Waals surface area (Å²) in [5.41, 5.74) is 1.91. The van der Waals surface area contributed by atoms with E-state index >= 15 is 0 Å². The van der Waals surface area contributed by atoms with Crippen molar-refractivity contribution < 1.29 is 13.9 Å². The number of imidazole rings is 1. The second-order valence-corrected chi connectivity index (χ2v) is 9.43. The lowest BCUT2D eigenvalue weighted by Gasteiger charge is -2.09. The number of unbranched alkanes of at least 4 members (excludes halogenated alkanes) is 1. The zero-order chi connectivity index (χ0) is 21.8. The molecule has 0 fully saturated rings. The van der Waals surface area contributed by atoms with Crippen LogP contribution in [0.5, 0.6) is 5.75 Å². The number of hydrogen-bond acceptors (Lipinski definition) is 4. The fourth-order valence-corrected chi connectivity index (χ4v) is 5.03. The average molecular weight is 567 g/mol. The molecule has 9 heteroatoms. The summed E-state index contributed by atoms with van der Waals surface area (Å²) in [6.07, 6.45) is 3.01. The Bertz CT molecular complexity index is 1190. The summed E-state index contributed by atoms with van der Waals surface area (Å²) >= 11 is 8.61. The molecule has 0 saturated heterocycles. The molecule has 0 saturated carbocycles. The minimum absolute atomic E-state index is 0.250. The Hall–Kier alpha value is -2.23. The molecular weight excluding hydrogens is 549 g/mol. The third kappa shape index (κ3) is 4.99. The van der Waals surface area contributed by atoms with Crippen molar-refractivity contribution in [1.82, 2.24) is 9.38 Å². The smallest absolute Gasteiger partial charge is 0.256 e. The second kappa shape index (κ2) is 9.93. The van der Waals surface area contributed by atoms with Crippen LogP contribution in [0.1, 0.15) is 23.2 Å². The van der Waals surface area contributed by atoms with E-state index in [4.69, 9.17) is 9.72 Å².